The average Bonchev–Trinajstić information content (AvgIpc) is 3.97. The maximum absolute atomic E-state index is 6.53. The molecule has 1 aliphatic rings. The number of imidazole rings is 2. The van der Waals surface area contributed by atoms with E-state index in [1.54, 1.807) is 6.20 Å². The van der Waals surface area contributed by atoms with Gasteiger partial charge in [0, 0.05) is 71.2 Å². The lowest BCUT2D eigenvalue weighted by Crippen LogP contribution is -1.94. The zero-order chi connectivity index (χ0) is 31.6. The number of pyridine rings is 2. The minimum atomic E-state index is 0.771. The van der Waals surface area contributed by atoms with Crippen LogP contribution < -0.4 is 0 Å². The van der Waals surface area contributed by atoms with Gasteiger partial charge in [0.25, 0.3) is 0 Å². The summed E-state index contributed by atoms with van der Waals surface area (Å²) in [7, 11) is 0. The summed E-state index contributed by atoms with van der Waals surface area (Å²) in [6.45, 7) is 0. The molecule has 48 heavy (non-hydrogen) atoms. The van der Waals surface area contributed by atoms with Crippen LogP contribution in [0.15, 0.2) is 151 Å². The minimum absolute atomic E-state index is 0.771. The Bertz CT molecular complexity index is 2650. The summed E-state index contributed by atoms with van der Waals surface area (Å²) in [5.74, 6) is 0. The van der Waals surface area contributed by atoms with Crippen molar-refractivity contribution in [2.75, 3.05) is 0 Å². The summed E-state index contributed by atoms with van der Waals surface area (Å²) in [6, 6.07) is 34.1. The highest BCUT2D eigenvalue weighted by Crippen LogP contribution is 2.44. The van der Waals surface area contributed by atoms with E-state index >= 15 is 0 Å². The first-order valence-electron chi connectivity index (χ1n) is 15.9. The molecule has 0 aliphatic heterocycles. The highest BCUT2D eigenvalue weighted by molar-refractivity contribution is 6.09. The topological polar surface area (TPSA) is 74.6 Å². The first-order valence-corrected chi connectivity index (χ1v) is 15.9. The van der Waals surface area contributed by atoms with Gasteiger partial charge < -0.3 is 13.6 Å². The quantitative estimate of drug-likeness (QED) is 0.192. The van der Waals surface area contributed by atoms with Crippen LogP contribution in [0.4, 0.5) is 0 Å². The minimum Gasteiger partial charge on any atom is -0.454 e. The van der Waals surface area contributed by atoms with Crippen LogP contribution in [0.5, 0.6) is 0 Å². The second-order valence-electron chi connectivity index (χ2n) is 12.1. The van der Waals surface area contributed by atoms with Crippen molar-refractivity contribution in [2.24, 2.45) is 0 Å². The van der Waals surface area contributed by atoms with Gasteiger partial charge in [-0.05, 0) is 70.3 Å². The lowest BCUT2D eigenvalue weighted by Gasteiger charge is -2.12. The van der Waals surface area contributed by atoms with Crippen LogP contribution in [0.3, 0.4) is 0 Å². The summed E-state index contributed by atoms with van der Waals surface area (Å²) < 4.78 is 10.6. The molecular weight excluding hydrogens is 592 g/mol. The highest BCUT2D eigenvalue weighted by atomic mass is 16.3. The van der Waals surface area contributed by atoms with Gasteiger partial charge in [-0.1, -0.05) is 54.6 Å². The van der Waals surface area contributed by atoms with E-state index in [0.717, 1.165) is 73.4 Å². The monoisotopic (exact) mass is 618 g/mol. The van der Waals surface area contributed by atoms with Gasteiger partial charge >= 0.3 is 0 Å². The van der Waals surface area contributed by atoms with E-state index in [2.05, 4.69) is 93.4 Å². The summed E-state index contributed by atoms with van der Waals surface area (Å²) in [5, 5.41) is 0.990. The van der Waals surface area contributed by atoms with Crippen molar-refractivity contribution in [3.63, 3.8) is 0 Å². The summed E-state index contributed by atoms with van der Waals surface area (Å²) in [6.07, 6.45) is 15.8. The third-order valence-electron chi connectivity index (χ3n) is 9.42. The van der Waals surface area contributed by atoms with Crippen LogP contribution in [0, 0.1) is 0 Å². The standard InChI is InChI=1S/C41H26N6O/c1-3-7-36(46-19-17-42-24-46)30(5-1)27-9-10-28-22-34-29(13-15-44-39(34)33(28)21-27)26-11-12-38-35(23-26)40-41(48-38)32(14-16-45-40)31-6-2-4-8-37(31)47-20-18-43-25-47/h1-21,23-25H,22H2. The van der Waals surface area contributed by atoms with Crippen LogP contribution in [0.1, 0.15) is 11.1 Å². The predicted octanol–water partition coefficient (Wildman–Crippen LogP) is 9.32. The molecule has 0 radical (unpaired) electrons. The maximum Gasteiger partial charge on any atom is 0.161 e. The maximum atomic E-state index is 6.53. The Kier molecular flexibility index (Phi) is 5.80. The zero-order valence-corrected chi connectivity index (χ0v) is 25.7. The van der Waals surface area contributed by atoms with Crippen molar-refractivity contribution < 1.29 is 4.42 Å². The largest absolute Gasteiger partial charge is 0.454 e. The molecule has 4 aromatic carbocycles. The number of aromatic nitrogens is 6. The fourth-order valence-corrected chi connectivity index (χ4v) is 7.19. The second-order valence-corrected chi connectivity index (χ2v) is 12.1. The van der Waals surface area contributed by atoms with Gasteiger partial charge in [-0.15, -0.1) is 0 Å². The van der Waals surface area contributed by atoms with E-state index in [0.29, 0.717) is 0 Å². The molecule has 0 unspecified atom stereocenters. The lowest BCUT2D eigenvalue weighted by molar-refractivity contribution is 0.669. The Morgan fingerprint density at radius 3 is 2.04 bits per heavy atom. The van der Waals surface area contributed by atoms with Gasteiger partial charge in [-0.2, -0.15) is 0 Å². The highest BCUT2D eigenvalue weighted by Gasteiger charge is 2.25. The van der Waals surface area contributed by atoms with Crippen molar-refractivity contribution in [1.29, 1.82) is 0 Å². The van der Waals surface area contributed by atoms with Gasteiger partial charge in [0.15, 0.2) is 5.58 Å². The van der Waals surface area contributed by atoms with Crippen molar-refractivity contribution in [2.45, 2.75) is 6.42 Å². The molecule has 7 nitrogen and oxygen atoms in total. The average molecular weight is 619 g/mol. The van der Waals surface area contributed by atoms with Crippen LogP contribution in [0.2, 0.25) is 0 Å². The molecule has 0 N–H and O–H groups in total. The van der Waals surface area contributed by atoms with Crippen molar-refractivity contribution >= 4 is 22.1 Å². The normalized spacial score (nSPS) is 12.1. The molecule has 10 rings (SSSR count). The summed E-state index contributed by atoms with van der Waals surface area (Å²) in [5.41, 5.74) is 15.9. The number of hydrogen-bond acceptors (Lipinski definition) is 5. The Balaban J connectivity index is 1.07. The molecule has 0 amide bonds. The molecule has 0 fully saturated rings. The van der Waals surface area contributed by atoms with Gasteiger partial charge in [-0.25, -0.2) is 9.97 Å². The van der Waals surface area contributed by atoms with Crippen LogP contribution >= 0.6 is 0 Å². The number of fused-ring (bicyclic) bond motifs is 6. The molecule has 5 aromatic heterocycles. The Morgan fingerprint density at radius 1 is 0.562 bits per heavy atom. The molecule has 0 saturated carbocycles. The molecule has 0 bridgehead atoms. The van der Waals surface area contributed by atoms with E-state index in [1.165, 1.54) is 22.3 Å². The lowest BCUT2D eigenvalue weighted by atomic mass is 9.97. The molecule has 1 aliphatic carbocycles. The molecule has 5 heterocycles. The molecular formula is C41H26N6O. The third kappa shape index (κ3) is 4.08. The first kappa shape index (κ1) is 26.6. The van der Waals surface area contributed by atoms with Crippen LogP contribution in [-0.2, 0) is 6.42 Å². The first-order chi connectivity index (χ1) is 23.8. The number of benzene rings is 4. The number of hydrogen-bond donors (Lipinski definition) is 0. The zero-order valence-electron chi connectivity index (χ0n) is 25.7. The van der Waals surface area contributed by atoms with Gasteiger partial charge in [-0.3, -0.25) is 9.97 Å². The fraction of sp³-hybridized carbons (Fsp3) is 0.0244. The van der Waals surface area contributed by atoms with Crippen molar-refractivity contribution in [3.8, 4) is 56.0 Å². The Morgan fingerprint density at radius 2 is 1.25 bits per heavy atom. The molecule has 226 valence electrons. The Labute approximate surface area is 275 Å². The summed E-state index contributed by atoms with van der Waals surface area (Å²) in [4.78, 5) is 18.3. The van der Waals surface area contributed by atoms with E-state index in [9.17, 15) is 0 Å². The SMILES string of the molecule is c1ccc(-n2ccnc2)c(-c2ccc3c(c2)-c2nccc(-c4ccc5oc6c(-c7ccccc7-n7ccnc7)ccnc6c5c4)c2C3)c1. The van der Waals surface area contributed by atoms with E-state index in [-0.39, 0.29) is 0 Å². The van der Waals surface area contributed by atoms with Crippen molar-refractivity contribution in [1.82, 2.24) is 29.1 Å². The third-order valence-corrected chi connectivity index (χ3v) is 9.42. The molecule has 9 aromatic rings. The van der Waals surface area contributed by atoms with E-state index in [4.69, 9.17) is 14.4 Å². The fourth-order valence-electron chi connectivity index (χ4n) is 7.19. The molecule has 0 atom stereocenters. The van der Waals surface area contributed by atoms with E-state index in [1.807, 2.05) is 66.4 Å². The molecule has 0 saturated heterocycles. The summed E-state index contributed by atoms with van der Waals surface area (Å²) >= 11 is 0. The van der Waals surface area contributed by atoms with Crippen LogP contribution in [0.25, 0.3) is 78.1 Å². The van der Waals surface area contributed by atoms with Crippen molar-refractivity contribution in [3.05, 3.63) is 158 Å². The second kappa shape index (κ2) is 10.5. The van der Waals surface area contributed by atoms with Crippen LogP contribution in [-0.4, -0.2) is 29.1 Å². The van der Waals surface area contributed by atoms with Gasteiger partial charge in [0.05, 0.1) is 29.7 Å². The number of nitrogens with zero attached hydrogens (tertiary/aromatic N) is 6. The van der Waals surface area contributed by atoms with E-state index < -0.39 is 0 Å². The molecule has 0 spiro atoms. The van der Waals surface area contributed by atoms with Gasteiger partial charge in [0.2, 0.25) is 0 Å². The molecule has 7 heteroatoms. The number of rotatable bonds is 5. The van der Waals surface area contributed by atoms with Gasteiger partial charge in [0.1, 0.15) is 11.1 Å². The number of furan rings is 1. The predicted molar refractivity (Wildman–Crippen MR) is 188 cm³/mol. The Hall–Kier alpha value is -6.60. The number of para-hydroxylation sites is 2. The smallest absolute Gasteiger partial charge is 0.161 e.